The number of nitrogen functional groups attached to an aromatic ring is 1. The van der Waals surface area contributed by atoms with Gasteiger partial charge in [0.05, 0.1) is 12.3 Å². The van der Waals surface area contributed by atoms with E-state index in [4.69, 9.17) is 10.5 Å². The minimum Gasteiger partial charge on any atom is -0.459 e. The van der Waals surface area contributed by atoms with Crippen LogP contribution in [0, 0.1) is 0 Å². The second kappa shape index (κ2) is 5.74. The smallest absolute Gasteiger partial charge is 0.411 e. The molecule has 0 spiro atoms. The molecule has 2 N–H and O–H groups in total. The van der Waals surface area contributed by atoms with E-state index >= 15 is 0 Å². The lowest BCUT2D eigenvalue weighted by Crippen LogP contribution is -2.20. The molecule has 20 heavy (non-hydrogen) atoms. The highest BCUT2D eigenvalue weighted by Crippen LogP contribution is 2.37. The number of carbonyl (C=O) groups is 1. The second-order valence-electron chi connectivity index (χ2n) is 4.60. The zero-order valence-corrected chi connectivity index (χ0v) is 10.7. The van der Waals surface area contributed by atoms with E-state index < -0.39 is 18.8 Å². The van der Waals surface area contributed by atoms with Crippen LogP contribution in [-0.2, 0) is 9.47 Å². The molecule has 8 heteroatoms. The van der Waals surface area contributed by atoms with Gasteiger partial charge in [-0.15, -0.1) is 0 Å². The molecule has 1 fully saturated rings. The molecule has 0 bridgehead atoms. The molecular formula is C12H15F3N2O3. The van der Waals surface area contributed by atoms with E-state index in [1.807, 2.05) is 0 Å². The van der Waals surface area contributed by atoms with Crippen molar-refractivity contribution in [2.45, 2.75) is 25.1 Å². The predicted molar refractivity (Wildman–Crippen MR) is 64.3 cm³/mol. The topological polar surface area (TPSA) is 66.5 Å². The van der Waals surface area contributed by atoms with Gasteiger partial charge >= 0.3 is 12.1 Å². The zero-order valence-electron chi connectivity index (χ0n) is 10.7. The maximum absolute atomic E-state index is 11.8. The van der Waals surface area contributed by atoms with Gasteiger partial charge < -0.3 is 19.8 Å². The number of ether oxygens (including phenoxy) is 2. The van der Waals surface area contributed by atoms with Gasteiger partial charge in [-0.25, -0.2) is 4.79 Å². The van der Waals surface area contributed by atoms with Gasteiger partial charge in [0.2, 0.25) is 0 Å². The number of rotatable bonds is 6. The fourth-order valence-electron chi connectivity index (χ4n) is 1.77. The minimum atomic E-state index is -4.38. The molecule has 1 heterocycles. The van der Waals surface area contributed by atoms with Crippen LogP contribution in [0.1, 0.15) is 29.4 Å². The molecule has 0 aromatic carbocycles. The first kappa shape index (κ1) is 14.7. The molecule has 112 valence electrons. The van der Waals surface area contributed by atoms with E-state index in [-0.39, 0.29) is 19.3 Å². The lowest BCUT2D eigenvalue weighted by atomic mass is 10.4. The van der Waals surface area contributed by atoms with Crippen molar-refractivity contribution in [2.24, 2.45) is 0 Å². The average molecular weight is 292 g/mol. The summed E-state index contributed by atoms with van der Waals surface area (Å²) in [6.07, 6.45) is -0.764. The first-order chi connectivity index (χ1) is 9.37. The lowest BCUT2D eigenvalue weighted by molar-refractivity contribution is -0.175. The number of esters is 1. The number of alkyl halides is 3. The first-order valence-electron chi connectivity index (χ1n) is 6.16. The van der Waals surface area contributed by atoms with Crippen LogP contribution in [0.2, 0.25) is 0 Å². The van der Waals surface area contributed by atoms with Crippen LogP contribution in [0.15, 0.2) is 12.3 Å². The number of hydrogen-bond donors (Lipinski definition) is 1. The molecule has 1 aromatic rings. The Kier molecular flexibility index (Phi) is 4.22. The Balaban J connectivity index is 1.77. The van der Waals surface area contributed by atoms with E-state index in [9.17, 15) is 18.0 Å². The summed E-state index contributed by atoms with van der Waals surface area (Å²) in [6, 6.07) is 1.76. The van der Waals surface area contributed by atoms with Crippen molar-refractivity contribution in [1.82, 2.24) is 4.57 Å². The molecule has 1 aromatic heterocycles. The van der Waals surface area contributed by atoms with Crippen molar-refractivity contribution >= 4 is 11.7 Å². The number of anilines is 1. The molecule has 0 saturated heterocycles. The molecule has 0 radical (unpaired) electrons. The number of hydrogen-bond acceptors (Lipinski definition) is 4. The molecule has 1 saturated carbocycles. The Morgan fingerprint density at radius 2 is 2.10 bits per heavy atom. The monoisotopic (exact) mass is 292 g/mol. The first-order valence-corrected chi connectivity index (χ1v) is 6.16. The predicted octanol–water partition coefficient (Wildman–Crippen LogP) is 2.14. The van der Waals surface area contributed by atoms with Gasteiger partial charge in [-0.05, 0) is 18.9 Å². The van der Waals surface area contributed by atoms with E-state index in [0.717, 1.165) is 12.8 Å². The number of halogens is 3. The number of aromatic nitrogens is 1. The summed E-state index contributed by atoms with van der Waals surface area (Å²) in [6.45, 7) is -1.88. The Morgan fingerprint density at radius 1 is 1.40 bits per heavy atom. The van der Waals surface area contributed by atoms with Crippen LogP contribution >= 0.6 is 0 Å². The van der Waals surface area contributed by atoms with Crippen molar-refractivity contribution in [3.63, 3.8) is 0 Å². The highest BCUT2D eigenvalue weighted by Gasteiger charge is 2.29. The van der Waals surface area contributed by atoms with Crippen LogP contribution in [0.5, 0.6) is 0 Å². The zero-order chi connectivity index (χ0) is 14.8. The highest BCUT2D eigenvalue weighted by atomic mass is 19.4. The van der Waals surface area contributed by atoms with Crippen molar-refractivity contribution in [3.05, 3.63) is 18.0 Å². The summed E-state index contributed by atoms with van der Waals surface area (Å²) in [4.78, 5) is 11.8. The summed E-state index contributed by atoms with van der Waals surface area (Å²) >= 11 is 0. The summed E-state index contributed by atoms with van der Waals surface area (Å²) in [7, 11) is 0. The van der Waals surface area contributed by atoms with Crippen LogP contribution in [0.4, 0.5) is 18.9 Å². The minimum absolute atomic E-state index is 0.231. The largest absolute Gasteiger partial charge is 0.459 e. The molecule has 1 aliphatic rings. The molecule has 2 rings (SSSR count). The summed E-state index contributed by atoms with van der Waals surface area (Å²) < 4.78 is 46.4. The lowest BCUT2D eigenvalue weighted by Gasteiger charge is -2.09. The molecule has 0 aliphatic heterocycles. The maximum Gasteiger partial charge on any atom is 0.411 e. The Hall–Kier alpha value is -1.70. The molecule has 5 nitrogen and oxygen atoms in total. The Bertz CT molecular complexity index is 481. The fourth-order valence-corrected chi connectivity index (χ4v) is 1.77. The van der Waals surface area contributed by atoms with Crippen molar-refractivity contribution in [2.75, 3.05) is 25.6 Å². The number of carbonyl (C=O) groups excluding carboxylic acids is 1. The normalized spacial score (nSPS) is 15.3. The van der Waals surface area contributed by atoms with Crippen LogP contribution in [0.3, 0.4) is 0 Å². The third kappa shape index (κ3) is 4.16. The maximum atomic E-state index is 11.8. The highest BCUT2D eigenvalue weighted by molar-refractivity contribution is 5.89. The summed E-state index contributed by atoms with van der Waals surface area (Å²) in [5.74, 6) is -0.607. The van der Waals surface area contributed by atoms with E-state index in [0.29, 0.717) is 11.4 Å². The molecular weight excluding hydrogens is 277 g/mol. The second-order valence-corrected chi connectivity index (χ2v) is 4.60. The quantitative estimate of drug-likeness (QED) is 0.644. The van der Waals surface area contributed by atoms with Crippen molar-refractivity contribution < 1.29 is 27.4 Å². The molecule has 0 amide bonds. The van der Waals surface area contributed by atoms with Gasteiger partial charge in [0.15, 0.2) is 0 Å². The van der Waals surface area contributed by atoms with Crippen LogP contribution in [-0.4, -0.2) is 36.5 Å². The van der Waals surface area contributed by atoms with Gasteiger partial charge in [-0.3, -0.25) is 0 Å². The SMILES string of the molecule is Nc1cc(C(=O)OCCOCC(F)(F)F)n(C2CC2)c1. The van der Waals surface area contributed by atoms with E-state index in [2.05, 4.69) is 4.74 Å². The van der Waals surface area contributed by atoms with Crippen molar-refractivity contribution in [3.8, 4) is 0 Å². The van der Waals surface area contributed by atoms with Crippen molar-refractivity contribution in [1.29, 1.82) is 0 Å². The fraction of sp³-hybridized carbons (Fsp3) is 0.583. The number of nitrogens with zero attached hydrogens (tertiary/aromatic N) is 1. The summed E-state index contributed by atoms with van der Waals surface area (Å²) in [5, 5.41) is 0. The summed E-state index contributed by atoms with van der Waals surface area (Å²) in [5.41, 5.74) is 6.40. The molecule has 1 aliphatic carbocycles. The third-order valence-electron chi connectivity index (χ3n) is 2.75. The van der Waals surface area contributed by atoms with Crippen LogP contribution in [0.25, 0.3) is 0 Å². The van der Waals surface area contributed by atoms with E-state index in [1.54, 1.807) is 10.8 Å². The van der Waals surface area contributed by atoms with Crippen LogP contribution < -0.4 is 5.73 Å². The van der Waals surface area contributed by atoms with Gasteiger partial charge in [0, 0.05) is 12.2 Å². The average Bonchev–Trinajstić information content (AvgIpc) is 3.10. The molecule has 0 unspecified atom stereocenters. The Labute approximate surface area is 113 Å². The standard InChI is InChI=1S/C12H15F3N2O3/c13-12(14,15)7-19-3-4-20-11(18)10-5-8(16)6-17(10)9-1-2-9/h5-6,9H,1-4,7,16H2. The Morgan fingerprint density at radius 3 is 2.70 bits per heavy atom. The van der Waals surface area contributed by atoms with Gasteiger partial charge in [-0.1, -0.05) is 0 Å². The van der Waals surface area contributed by atoms with E-state index in [1.165, 1.54) is 6.07 Å². The van der Waals surface area contributed by atoms with Gasteiger partial charge in [0.25, 0.3) is 0 Å². The van der Waals surface area contributed by atoms with Gasteiger partial charge in [-0.2, -0.15) is 13.2 Å². The number of nitrogens with two attached hydrogens (primary N) is 1. The molecule has 0 atom stereocenters. The van der Waals surface area contributed by atoms with Gasteiger partial charge in [0.1, 0.15) is 18.9 Å². The third-order valence-corrected chi connectivity index (χ3v) is 2.75.